The second kappa shape index (κ2) is 9.97. The highest BCUT2D eigenvalue weighted by molar-refractivity contribution is 6.03. The highest BCUT2D eigenvalue weighted by Crippen LogP contribution is 2.33. The van der Waals surface area contributed by atoms with Crippen molar-refractivity contribution < 1.29 is 23.5 Å². The smallest absolute Gasteiger partial charge is 0.257 e. The standard InChI is InChI=1S/C23H28N4O5/c1-25(15-22(28)26-9-12-31-13-10-26)16-23(29)27-20(21-4-3-11-32-21)14-19(24-27)17-5-7-18(30-2)8-6-17/h3-8,11,20H,9-10,12-16H2,1-2H3. The van der Waals surface area contributed by atoms with E-state index in [1.54, 1.807) is 36.3 Å². The molecule has 0 radical (unpaired) electrons. The van der Waals surface area contributed by atoms with Gasteiger partial charge in [0.05, 0.1) is 45.4 Å². The summed E-state index contributed by atoms with van der Waals surface area (Å²) in [4.78, 5) is 29.2. The van der Waals surface area contributed by atoms with Gasteiger partial charge in [0.25, 0.3) is 5.91 Å². The van der Waals surface area contributed by atoms with E-state index in [1.165, 1.54) is 5.01 Å². The van der Waals surface area contributed by atoms with E-state index in [0.717, 1.165) is 17.0 Å². The number of carbonyl (C=O) groups is 2. The van der Waals surface area contributed by atoms with Gasteiger partial charge in [-0.2, -0.15) is 5.10 Å². The molecule has 0 bridgehead atoms. The molecule has 4 rings (SSSR count). The van der Waals surface area contributed by atoms with E-state index in [4.69, 9.17) is 13.9 Å². The zero-order valence-corrected chi connectivity index (χ0v) is 18.4. The summed E-state index contributed by atoms with van der Waals surface area (Å²) in [5.74, 6) is 1.24. The topological polar surface area (TPSA) is 87.8 Å². The van der Waals surface area contributed by atoms with E-state index in [2.05, 4.69) is 5.10 Å². The first-order valence-electron chi connectivity index (χ1n) is 10.7. The number of hydrogen-bond donors (Lipinski definition) is 0. The molecule has 0 aliphatic carbocycles. The number of nitrogens with zero attached hydrogens (tertiary/aromatic N) is 4. The Labute approximate surface area is 187 Å². The Morgan fingerprint density at radius 3 is 2.50 bits per heavy atom. The molecule has 3 heterocycles. The molecule has 0 spiro atoms. The van der Waals surface area contributed by atoms with Gasteiger partial charge < -0.3 is 18.8 Å². The molecule has 1 saturated heterocycles. The Hall–Kier alpha value is -3.17. The predicted octanol–water partition coefficient (Wildman–Crippen LogP) is 1.76. The second-order valence-corrected chi connectivity index (χ2v) is 7.91. The summed E-state index contributed by atoms with van der Waals surface area (Å²) in [7, 11) is 3.39. The molecule has 9 nitrogen and oxygen atoms in total. The second-order valence-electron chi connectivity index (χ2n) is 7.91. The van der Waals surface area contributed by atoms with E-state index >= 15 is 0 Å². The minimum absolute atomic E-state index is 0.00460. The molecule has 1 atom stereocenters. The van der Waals surface area contributed by atoms with Crippen molar-refractivity contribution in [2.75, 3.05) is 53.6 Å². The number of hydrazone groups is 1. The molecule has 1 unspecified atom stereocenters. The van der Waals surface area contributed by atoms with Crippen LogP contribution in [0.4, 0.5) is 0 Å². The third-order valence-electron chi connectivity index (χ3n) is 5.63. The predicted molar refractivity (Wildman–Crippen MR) is 117 cm³/mol. The fourth-order valence-corrected chi connectivity index (χ4v) is 3.90. The molecule has 2 aliphatic heterocycles. The first kappa shape index (κ1) is 22.0. The summed E-state index contributed by atoms with van der Waals surface area (Å²) in [6.07, 6.45) is 2.14. The lowest BCUT2D eigenvalue weighted by Gasteiger charge is -2.29. The molecule has 1 aromatic heterocycles. The van der Waals surface area contributed by atoms with Crippen LogP contribution < -0.4 is 4.74 Å². The number of morpholine rings is 1. The molecule has 1 aromatic carbocycles. The molecule has 0 N–H and O–H groups in total. The van der Waals surface area contributed by atoms with Crippen molar-refractivity contribution in [1.29, 1.82) is 0 Å². The van der Waals surface area contributed by atoms with Crippen LogP contribution >= 0.6 is 0 Å². The Balaban J connectivity index is 1.45. The molecule has 32 heavy (non-hydrogen) atoms. The van der Waals surface area contributed by atoms with E-state index in [1.807, 2.05) is 30.3 Å². The maximum Gasteiger partial charge on any atom is 0.257 e. The number of ether oxygens (including phenoxy) is 2. The largest absolute Gasteiger partial charge is 0.497 e. The van der Waals surface area contributed by atoms with Crippen LogP contribution in [0.1, 0.15) is 23.8 Å². The number of carbonyl (C=O) groups excluding carboxylic acids is 2. The third-order valence-corrected chi connectivity index (χ3v) is 5.63. The van der Waals surface area contributed by atoms with Crippen molar-refractivity contribution in [1.82, 2.24) is 14.8 Å². The average Bonchev–Trinajstić information content (AvgIpc) is 3.49. The zero-order valence-electron chi connectivity index (χ0n) is 18.4. The Morgan fingerprint density at radius 2 is 1.84 bits per heavy atom. The van der Waals surface area contributed by atoms with Gasteiger partial charge in [-0.1, -0.05) is 0 Å². The van der Waals surface area contributed by atoms with Crippen molar-refractivity contribution in [2.45, 2.75) is 12.5 Å². The maximum absolute atomic E-state index is 13.2. The average molecular weight is 441 g/mol. The van der Waals surface area contributed by atoms with Crippen LogP contribution in [0.5, 0.6) is 5.75 Å². The number of methoxy groups -OCH3 is 1. The van der Waals surface area contributed by atoms with Crippen molar-refractivity contribution in [3.8, 4) is 5.75 Å². The number of rotatable bonds is 7. The van der Waals surface area contributed by atoms with Gasteiger partial charge in [0.1, 0.15) is 17.6 Å². The summed E-state index contributed by atoms with van der Waals surface area (Å²) in [5, 5.41) is 6.11. The highest BCUT2D eigenvalue weighted by Gasteiger charge is 2.35. The molecule has 2 amide bonds. The van der Waals surface area contributed by atoms with Crippen LogP contribution in [0, 0.1) is 0 Å². The highest BCUT2D eigenvalue weighted by atomic mass is 16.5. The monoisotopic (exact) mass is 440 g/mol. The van der Waals surface area contributed by atoms with Gasteiger partial charge in [-0.3, -0.25) is 14.5 Å². The first-order chi connectivity index (χ1) is 15.5. The van der Waals surface area contributed by atoms with E-state index in [9.17, 15) is 9.59 Å². The van der Waals surface area contributed by atoms with Crippen LogP contribution in [0.2, 0.25) is 0 Å². The van der Waals surface area contributed by atoms with Gasteiger partial charge in [0, 0.05) is 19.5 Å². The van der Waals surface area contributed by atoms with Gasteiger partial charge in [0.2, 0.25) is 5.91 Å². The van der Waals surface area contributed by atoms with E-state index in [-0.39, 0.29) is 30.9 Å². The molecule has 0 saturated carbocycles. The Bertz CT molecular complexity index is 951. The molecular weight excluding hydrogens is 412 g/mol. The van der Waals surface area contributed by atoms with Gasteiger partial charge in [-0.15, -0.1) is 0 Å². The summed E-state index contributed by atoms with van der Waals surface area (Å²) >= 11 is 0. The SMILES string of the molecule is COc1ccc(C2=NN(C(=O)CN(C)CC(=O)N3CCOCC3)C(c3ccco3)C2)cc1. The maximum atomic E-state index is 13.2. The van der Waals surface area contributed by atoms with E-state index < -0.39 is 0 Å². The van der Waals surface area contributed by atoms with Gasteiger partial charge in [-0.25, -0.2) is 5.01 Å². The number of likely N-dealkylation sites (N-methyl/N-ethyl adjacent to an activating group) is 1. The summed E-state index contributed by atoms with van der Waals surface area (Å²) in [6, 6.07) is 10.9. The normalized spacial score (nSPS) is 18.7. The van der Waals surface area contributed by atoms with Gasteiger partial charge in [-0.05, 0) is 49.0 Å². The quantitative estimate of drug-likeness (QED) is 0.652. The molecular formula is C23H28N4O5. The fraction of sp³-hybridized carbons (Fsp3) is 0.435. The van der Waals surface area contributed by atoms with Crippen molar-refractivity contribution >= 4 is 17.5 Å². The lowest BCUT2D eigenvalue weighted by Crippen LogP contribution is -2.46. The van der Waals surface area contributed by atoms with Crippen LogP contribution in [0.25, 0.3) is 0 Å². The van der Waals surface area contributed by atoms with Crippen LogP contribution in [0.3, 0.4) is 0 Å². The summed E-state index contributed by atoms with van der Waals surface area (Å²) < 4.78 is 16.1. The minimum atomic E-state index is -0.321. The number of furan rings is 1. The van der Waals surface area contributed by atoms with Crippen LogP contribution in [-0.4, -0.2) is 85.9 Å². The molecule has 2 aromatic rings. The summed E-state index contributed by atoms with van der Waals surface area (Å²) in [5.41, 5.74) is 1.72. The zero-order chi connectivity index (χ0) is 22.5. The van der Waals surface area contributed by atoms with Crippen molar-refractivity contribution in [3.63, 3.8) is 0 Å². The molecule has 1 fully saturated rings. The minimum Gasteiger partial charge on any atom is -0.497 e. The fourth-order valence-electron chi connectivity index (χ4n) is 3.90. The number of hydrogen-bond acceptors (Lipinski definition) is 7. The summed E-state index contributed by atoms with van der Waals surface area (Å²) in [6.45, 7) is 2.52. The molecule has 170 valence electrons. The van der Waals surface area contributed by atoms with Crippen molar-refractivity contribution in [3.05, 3.63) is 54.0 Å². The van der Waals surface area contributed by atoms with Crippen molar-refractivity contribution in [2.24, 2.45) is 5.10 Å². The molecule has 9 heteroatoms. The third kappa shape index (κ3) is 5.00. The van der Waals surface area contributed by atoms with Crippen LogP contribution in [-0.2, 0) is 14.3 Å². The van der Waals surface area contributed by atoms with Gasteiger partial charge in [0.15, 0.2) is 0 Å². The Kier molecular flexibility index (Phi) is 6.87. The number of benzene rings is 1. The lowest BCUT2D eigenvalue weighted by molar-refractivity contribution is -0.138. The number of amides is 2. The van der Waals surface area contributed by atoms with E-state index in [0.29, 0.717) is 38.5 Å². The van der Waals surface area contributed by atoms with Gasteiger partial charge >= 0.3 is 0 Å². The lowest BCUT2D eigenvalue weighted by atomic mass is 10.0. The molecule has 2 aliphatic rings. The first-order valence-corrected chi connectivity index (χ1v) is 10.7. The van der Waals surface area contributed by atoms with Crippen LogP contribution in [0.15, 0.2) is 52.2 Å². The Morgan fingerprint density at radius 1 is 1.12 bits per heavy atom.